The summed E-state index contributed by atoms with van der Waals surface area (Å²) in [5.74, 6) is 0.223. The van der Waals surface area contributed by atoms with E-state index in [-0.39, 0.29) is 11.9 Å². The molecule has 66 valence electrons. The lowest BCUT2D eigenvalue weighted by atomic mass is 10.1. The minimum Gasteiger partial charge on any atom is -0.370 e. The van der Waals surface area contributed by atoms with E-state index in [4.69, 9.17) is 4.74 Å². The van der Waals surface area contributed by atoms with E-state index in [9.17, 15) is 4.79 Å². The Morgan fingerprint density at radius 2 is 2.00 bits per heavy atom. The fourth-order valence-corrected chi connectivity index (χ4v) is 0.926. The molecule has 0 aromatic carbocycles. The van der Waals surface area contributed by atoms with Crippen molar-refractivity contribution >= 4 is 5.78 Å². The van der Waals surface area contributed by atoms with Crippen LogP contribution in [0.15, 0.2) is 0 Å². The lowest BCUT2D eigenvalue weighted by Crippen LogP contribution is -2.22. The van der Waals surface area contributed by atoms with E-state index in [1.807, 2.05) is 20.8 Å². The summed E-state index contributed by atoms with van der Waals surface area (Å²) in [6, 6.07) is 0. The van der Waals surface area contributed by atoms with Gasteiger partial charge in [-0.3, -0.25) is 4.79 Å². The van der Waals surface area contributed by atoms with Gasteiger partial charge in [0.25, 0.3) is 0 Å². The molecule has 0 fully saturated rings. The van der Waals surface area contributed by atoms with E-state index in [0.717, 1.165) is 12.8 Å². The second-order valence-corrected chi connectivity index (χ2v) is 2.59. The van der Waals surface area contributed by atoms with Gasteiger partial charge in [0.15, 0.2) is 5.78 Å². The van der Waals surface area contributed by atoms with Crippen molar-refractivity contribution in [2.75, 3.05) is 6.61 Å². The fourth-order valence-electron chi connectivity index (χ4n) is 0.926. The summed E-state index contributed by atoms with van der Waals surface area (Å²) in [4.78, 5) is 11.1. The molecule has 0 N–H and O–H groups in total. The minimum absolute atomic E-state index is 0.153. The zero-order valence-corrected chi connectivity index (χ0v) is 7.72. The zero-order chi connectivity index (χ0) is 8.69. The molecule has 0 saturated carbocycles. The third-order valence-electron chi connectivity index (χ3n) is 1.60. The third kappa shape index (κ3) is 4.14. The van der Waals surface area contributed by atoms with Crippen LogP contribution in [0.25, 0.3) is 0 Å². The first kappa shape index (κ1) is 10.6. The van der Waals surface area contributed by atoms with Gasteiger partial charge in [-0.05, 0) is 12.8 Å². The van der Waals surface area contributed by atoms with Crippen LogP contribution in [-0.2, 0) is 9.53 Å². The number of hydrogen-bond acceptors (Lipinski definition) is 2. The van der Waals surface area contributed by atoms with Crippen molar-refractivity contribution in [2.24, 2.45) is 0 Å². The number of ketones is 1. The Hall–Kier alpha value is -0.370. The van der Waals surface area contributed by atoms with E-state index >= 15 is 0 Å². The highest BCUT2D eigenvalue weighted by Gasteiger charge is 2.13. The topological polar surface area (TPSA) is 26.3 Å². The van der Waals surface area contributed by atoms with Crippen molar-refractivity contribution in [3.63, 3.8) is 0 Å². The second kappa shape index (κ2) is 6.35. The van der Waals surface area contributed by atoms with Crippen LogP contribution in [0.5, 0.6) is 0 Å². The lowest BCUT2D eigenvalue weighted by molar-refractivity contribution is -0.130. The van der Waals surface area contributed by atoms with E-state index in [1.165, 1.54) is 0 Å². The van der Waals surface area contributed by atoms with Gasteiger partial charge < -0.3 is 4.74 Å². The summed E-state index contributed by atoms with van der Waals surface area (Å²) >= 11 is 0. The highest BCUT2D eigenvalue weighted by atomic mass is 16.5. The molecule has 11 heavy (non-hydrogen) atoms. The Morgan fingerprint density at radius 3 is 2.36 bits per heavy atom. The standard InChI is InChI=1S/C9H18O2/c1-4-7-11-9(6-3)8(10)5-2/h9H,4-7H2,1-3H3. The predicted octanol–water partition coefficient (Wildman–Crippen LogP) is 2.17. The van der Waals surface area contributed by atoms with Crippen molar-refractivity contribution in [2.45, 2.75) is 46.1 Å². The van der Waals surface area contributed by atoms with Crippen LogP contribution >= 0.6 is 0 Å². The van der Waals surface area contributed by atoms with Crippen LogP contribution in [-0.4, -0.2) is 18.5 Å². The van der Waals surface area contributed by atoms with Crippen molar-refractivity contribution in [3.8, 4) is 0 Å². The van der Waals surface area contributed by atoms with E-state index in [0.29, 0.717) is 13.0 Å². The quantitative estimate of drug-likeness (QED) is 0.592. The first-order valence-corrected chi connectivity index (χ1v) is 4.40. The maximum Gasteiger partial charge on any atom is 0.161 e. The van der Waals surface area contributed by atoms with E-state index in [1.54, 1.807) is 0 Å². The molecule has 0 rings (SSSR count). The number of Topliss-reactive ketones (excluding diaryl/α,β-unsaturated/α-hetero) is 1. The lowest BCUT2D eigenvalue weighted by Gasteiger charge is -2.12. The van der Waals surface area contributed by atoms with Crippen LogP contribution in [0.4, 0.5) is 0 Å². The van der Waals surface area contributed by atoms with Gasteiger partial charge in [0, 0.05) is 13.0 Å². The smallest absolute Gasteiger partial charge is 0.161 e. The monoisotopic (exact) mass is 158 g/mol. The van der Waals surface area contributed by atoms with Gasteiger partial charge in [0.05, 0.1) is 0 Å². The number of carbonyl (C=O) groups is 1. The number of hydrogen-bond donors (Lipinski definition) is 0. The largest absolute Gasteiger partial charge is 0.370 e. The average molecular weight is 158 g/mol. The summed E-state index contributed by atoms with van der Waals surface area (Å²) in [7, 11) is 0. The van der Waals surface area contributed by atoms with Gasteiger partial charge in [-0.15, -0.1) is 0 Å². The van der Waals surface area contributed by atoms with Gasteiger partial charge in [-0.2, -0.15) is 0 Å². The molecule has 0 radical (unpaired) electrons. The van der Waals surface area contributed by atoms with Crippen molar-refractivity contribution in [1.29, 1.82) is 0 Å². The first-order chi connectivity index (χ1) is 5.26. The normalized spacial score (nSPS) is 13.0. The predicted molar refractivity (Wildman–Crippen MR) is 45.6 cm³/mol. The Bertz CT molecular complexity index is 110. The zero-order valence-electron chi connectivity index (χ0n) is 7.72. The summed E-state index contributed by atoms with van der Waals surface area (Å²) in [5, 5.41) is 0. The third-order valence-corrected chi connectivity index (χ3v) is 1.60. The van der Waals surface area contributed by atoms with Crippen molar-refractivity contribution in [3.05, 3.63) is 0 Å². The summed E-state index contributed by atoms with van der Waals surface area (Å²) < 4.78 is 5.34. The average Bonchev–Trinajstić information content (AvgIpc) is 2.05. The van der Waals surface area contributed by atoms with Gasteiger partial charge in [0.1, 0.15) is 6.10 Å². The molecule has 0 spiro atoms. The molecule has 0 aromatic heterocycles. The van der Waals surface area contributed by atoms with Crippen LogP contribution in [0.2, 0.25) is 0 Å². The Kier molecular flexibility index (Phi) is 6.13. The van der Waals surface area contributed by atoms with Gasteiger partial charge in [-0.1, -0.05) is 20.8 Å². The molecule has 0 amide bonds. The molecule has 0 bridgehead atoms. The summed E-state index contributed by atoms with van der Waals surface area (Å²) in [5.41, 5.74) is 0. The summed E-state index contributed by atoms with van der Waals surface area (Å²) in [6.07, 6.45) is 2.21. The Labute approximate surface area is 68.9 Å². The molecule has 0 aromatic rings. The van der Waals surface area contributed by atoms with Gasteiger partial charge >= 0.3 is 0 Å². The van der Waals surface area contributed by atoms with Crippen molar-refractivity contribution < 1.29 is 9.53 Å². The van der Waals surface area contributed by atoms with Gasteiger partial charge in [-0.25, -0.2) is 0 Å². The van der Waals surface area contributed by atoms with E-state index in [2.05, 4.69) is 0 Å². The molecule has 0 heterocycles. The van der Waals surface area contributed by atoms with Crippen LogP contribution in [0, 0.1) is 0 Å². The molecule has 0 aliphatic carbocycles. The SMILES string of the molecule is CCCOC(CC)C(=O)CC. The van der Waals surface area contributed by atoms with Crippen molar-refractivity contribution in [1.82, 2.24) is 0 Å². The molecule has 2 nitrogen and oxygen atoms in total. The second-order valence-electron chi connectivity index (χ2n) is 2.59. The fraction of sp³-hybridized carbons (Fsp3) is 0.889. The molecular formula is C9H18O2. The van der Waals surface area contributed by atoms with E-state index < -0.39 is 0 Å². The van der Waals surface area contributed by atoms with Crippen LogP contribution in [0.1, 0.15) is 40.0 Å². The molecular weight excluding hydrogens is 140 g/mol. The molecule has 0 aliphatic heterocycles. The number of carbonyl (C=O) groups excluding carboxylic acids is 1. The molecule has 0 saturated heterocycles. The molecule has 2 heteroatoms. The molecule has 1 unspecified atom stereocenters. The molecule has 1 atom stereocenters. The maximum absolute atomic E-state index is 11.1. The Morgan fingerprint density at radius 1 is 1.36 bits per heavy atom. The summed E-state index contributed by atoms with van der Waals surface area (Å²) in [6.45, 7) is 6.60. The number of rotatable bonds is 6. The highest BCUT2D eigenvalue weighted by Crippen LogP contribution is 2.02. The highest BCUT2D eigenvalue weighted by molar-refractivity contribution is 5.82. The van der Waals surface area contributed by atoms with Crippen LogP contribution in [0.3, 0.4) is 0 Å². The van der Waals surface area contributed by atoms with Gasteiger partial charge in [0.2, 0.25) is 0 Å². The maximum atomic E-state index is 11.1. The van der Waals surface area contributed by atoms with Crippen LogP contribution < -0.4 is 0 Å². The minimum atomic E-state index is -0.153. The first-order valence-electron chi connectivity index (χ1n) is 4.40. The molecule has 0 aliphatic rings. The Balaban J connectivity index is 3.65. The number of ether oxygens (including phenoxy) is 1.